The highest BCUT2D eigenvalue weighted by Crippen LogP contribution is 2.39. The molecule has 1 saturated carbocycles. The number of piperidine rings is 1. The smallest absolute Gasteiger partial charge is 0.337 e. The highest BCUT2D eigenvalue weighted by atomic mass is 16.5. The Morgan fingerprint density at radius 3 is 2.18 bits per heavy atom. The zero-order chi connectivity index (χ0) is 34.7. The Hall–Kier alpha value is -3.68. The van der Waals surface area contributed by atoms with Crippen molar-refractivity contribution >= 4 is 11.9 Å². The average Bonchev–Trinajstić information content (AvgIpc) is 3.58. The van der Waals surface area contributed by atoms with Crippen LogP contribution >= 0.6 is 0 Å². The van der Waals surface area contributed by atoms with Gasteiger partial charge in [-0.25, -0.2) is 4.79 Å². The Balaban J connectivity index is 1.06. The molecule has 0 N–H and O–H groups in total. The zero-order valence-corrected chi connectivity index (χ0v) is 30.1. The summed E-state index contributed by atoms with van der Waals surface area (Å²) in [5.74, 6) is 2.46. The molecule has 2 heterocycles. The molecule has 3 aromatic carbocycles. The number of nitrogens with zero attached hydrogens (tertiary/aromatic N) is 2. The quantitative estimate of drug-likeness (QED) is 0.160. The maximum absolute atomic E-state index is 14.0. The van der Waals surface area contributed by atoms with Gasteiger partial charge in [0.05, 0.1) is 19.8 Å². The van der Waals surface area contributed by atoms with E-state index in [0.717, 1.165) is 69.2 Å². The molecule has 0 spiro atoms. The van der Waals surface area contributed by atoms with Crippen molar-refractivity contribution < 1.29 is 23.8 Å². The van der Waals surface area contributed by atoms with Gasteiger partial charge >= 0.3 is 11.9 Å². The van der Waals surface area contributed by atoms with Crippen LogP contribution in [-0.4, -0.2) is 74.7 Å². The van der Waals surface area contributed by atoms with Crippen LogP contribution in [0.1, 0.15) is 90.8 Å². The second-order valence-corrected chi connectivity index (χ2v) is 14.9. The molecule has 2 aliphatic heterocycles. The number of benzene rings is 3. The summed E-state index contributed by atoms with van der Waals surface area (Å²) in [6.07, 6.45) is 11.8. The summed E-state index contributed by atoms with van der Waals surface area (Å²) in [7, 11) is 3.09. The summed E-state index contributed by atoms with van der Waals surface area (Å²) in [5.41, 5.74) is 4.27. The third-order valence-corrected chi connectivity index (χ3v) is 11.6. The Morgan fingerprint density at radius 1 is 0.800 bits per heavy atom. The van der Waals surface area contributed by atoms with Crippen molar-refractivity contribution in [3.8, 4) is 5.75 Å². The normalized spacial score (nSPS) is 21.5. The van der Waals surface area contributed by atoms with Gasteiger partial charge in [0.25, 0.3) is 0 Å². The van der Waals surface area contributed by atoms with E-state index in [2.05, 4.69) is 52.3 Å². The lowest BCUT2D eigenvalue weighted by atomic mass is 9.83. The van der Waals surface area contributed by atoms with Crippen molar-refractivity contribution in [3.05, 3.63) is 101 Å². The van der Waals surface area contributed by atoms with Crippen LogP contribution in [0.5, 0.6) is 5.75 Å². The number of ether oxygens (including phenoxy) is 3. The molecule has 50 heavy (non-hydrogen) atoms. The maximum atomic E-state index is 14.0. The molecule has 3 atom stereocenters. The van der Waals surface area contributed by atoms with Crippen LogP contribution in [0.4, 0.5) is 0 Å². The van der Waals surface area contributed by atoms with Crippen LogP contribution in [0.2, 0.25) is 0 Å². The summed E-state index contributed by atoms with van der Waals surface area (Å²) in [4.78, 5) is 31.0. The molecule has 1 aliphatic carbocycles. The molecule has 3 aliphatic rings. The molecule has 7 nitrogen and oxygen atoms in total. The van der Waals surface area contributed by atoms with Crippen LogP contribution in [0.3, 0.4) is 0 Å². The molecule has 7 heteroatoms. The van der Waals surface area contributed by atoms with E-state index in [-0.39, 0.29) is 18.0 Å². The topological polar surface area (TPSA) is 68.3 Å². The van der Waals surface area contributed by atoms with Crippen LogP contribution in [0, 0.1) is 17.8 Å². The van der Waals surface area contributed by atoms with Gasteiger partial charge in [-0.1, -0.05) is 80.3 Å². The van der Waals surface area contributed by atoms with Crippen LogP contribution < -0.4 is 4.74 Å². The van der Waals surface area contributed by atoms with Crippen molar-refractivity contribution in [2.45, 2.75) is 82.8 Å². The fourth-order valence-electron chi connectivity index (χ4n) is 8.76. The van der Waals surface area contributed by atoms with Crippen LogP contribution in [0.25, 0.3) is 0 Å². The second kappa shape index (κ2) is 18.0. The van der Waals surface area contributed by atoms with E-state index in [1.54, 1.807) is 7.11 Å². The van der Waals surface area contributed by atoms with Crippen LogP contribution in [-0.2, 0) is 27.3 Å². The number of hydrogen-bond acceptors (Lipinski definition) is 7. The predicted molar refractivity (Wildman–Crippen MR) is 197 cm³/mol. The van der Waals surface area contributed by atoms with Gasteiger partial charge in [0.15, 0.2) is 0 Å². The minimum absolute atomic E-state index is 0.0552. The van der Waals surface area contributed by atoms with Gasteiger partial charge in [0.1, 0.15) is 18.4 Å². The van der Waals surface area contributed by atoms with Crippen molar-refractivity contribution in [1.82, 2.24) is 9.80 Å². The second-order valence-electron chi connectivity index (χ2n) is 14.9. The fourth-order valence-corrected chi connectivity index (χ4v) is 8.76. The minimum Gasteiger partial charge on any atom is -0.497 e. The van der Waals surface area contributed by atoms with E-state index in [1.165, 1.54) is 63.2 Å². The molecule has 0 amide bonds. The number of aryl methyl sites for hydroxylation is 1. The van der Waals surface area contributed by atoms with Crippen LogP contribution in [0.15, 0.2) is 78.9 Å². The third-order valence-electron chi connectivity index (χ3n) is 11.6. The number of carbonyl (C=O) groups is 2. The van der Waals surface area contributed by atoms with Crippen molar-refractivity contribution in [2.24, 2.45) is 17.8 Å². The molecule has 0 aromatic heterocycles. The summed E-state index contributed by atoms with van der Waals surface area (Å²) in [5, 5.41) is 0. The highest BCUT2D eigenvalue weighted by Gasteiger charge is 2.44. The van der Waals surface area contributed by atoms with E-state index in [1.807, 2.05) is 36.4 Å². The summed E-state index contributed by atoms with van der Waals surface area (Å²) >= 11 is 0. The van der Waals surface area contributed by atoms with E-state index in [4.69, 9.17) is 14.2 Å². The molecular formula is C43H56N2O5. The minimum atomic E-state index is -0.281. The molecule has 2 saturated heterocycles. The van der Waals surface area contributed by atoms with E-state index >= 15 is 0 Å². The molecule has 3 fully saturated rings. The standard InChI is InChI=1S/C43H56N2O5/c1-48-39-22-18-34(19-23-39)31-50-43(47)41(36-14-7-4-8-15-36)45-29-38(40(30-45)35-12-5-3-6-13-35)28-44-26-24-33(25-27-44)11-9-10-32-16-20-37(21-17-32)42(46)49-2/h3,5-6,12-13,16-23,33,36,38,40-41H,4,7-11,14-15,24-31H2,1-2H3/t38-,40+,41+/m0/s1. The molecule has 3 aromatic rings. The Bertz CT molecular complexity index is 1480. The first-order valence-electron chi connectivity index (χ1n) is 19.0. The first kappa shape index (κ1) is 36.1. The maximum Gasteiger partial charge on any atom is 0.337 e. The fraction of sp³-hybridized carbons (Fsp3) is 0.535. The van der Waals surface area contributed by atoms with E-state index < -0.39 is 0 Å². The van der Waals surface area contributed by atoms with Crippen molar-refractivity contribution in [2.75, 3.05) is 46.9 Å². The molecule has 0 radical (unpaired) electrons. The largest absolute Gasteiger partial charge is 0.497 e. The summed E-state index contributed by atoms with van der Waals surface area (Å²) < 4.78 is 16.2. The van der Waals surface area contributed by atoms with Gasteiger partial charge in [0.2, 0.25) is 0 Å². The Kier molecular flexibility index (Phi) is 13.0. The molecule has 268 valence electrons. The molecule has 6 rings (SSSR count). The zero-order valence-electron chi connectivity index (χ0n) is 30.1. The SMILES string of the molecule is COC(=O)c1ccc(CCCC2CCN(C[C@H]3CN([C@@H](C(=O)OCc4ccc(OC)cc4)C4CCCCC4)C[C@@H]3c3ccccc3)CC2)cc1. The number of methoxy groups -OCH3 is 2. The lowest BCUT2D eigenvalue weighted by molar-refractivity contribution is -0.154. The van der Waals surface area contributed by atoms with Gasteiger partial charge < -0.3 is 19.1 Å². The number of likely N-dealkylation sites (tertiary alicyclic amines) is 2. The lowest BCUT2D eigenvalue weighted by Gasteiger charge is -2.36. The third kappa shape index (κ3) is 9.55. The number of carbonyl (C=O) groups excluding carboxylic acids is 2. The molecular weight excluding hydrogens is 624 g/mol. The molecule has 0 bridgehead atoms. The predicted octanol–water partition coefficient (Wildman–Crippen LogP) is 7.92. The van der Waals surface area contributed by atoms with Gasteiger partial charge in [-0.2, -0.15) is 0 Å². The number of hydrogen-bond donors (Lipinski definition) is 0. The first-order valence-corrected chi connectivity index (χ1v) is 19.0. The summed E-state index contributed by atoms with van der Waals surface area (Å²) in [6.45, 7) is 5.51. The highest BCUT2D eigenvalue weighted by molar-refractivity contribution is 5.89. The lowest BCUT2D eigenvalue weighted by Crippen LogP contribution is -2.47. The summed E-state index contributed by atoms with van der Waals surface area (Å²) in [6, 6.07) is 26.5. The Labute approximate surface area is 299 Å². The Morgan fingerprint density at radius 2 is 1.50 bits per heavy atom. The first-order chi connectivity index (χ1) is 24.5. The van der Waals surface area contributed by atoms with E-state index in [0.29, 0.717) is 29.9 Å². The van der Waals surface area contributed by atoms with Gasteiger partial charge in [0, 0.05) is 25.6 Å². The number of rotatable bonds is 14. The molecule has 0 unspecified atom stereocenters. The van der Waals surface area contributed by atoms with Gasteiger partial charge in [-0.05, 0) is 110 Å². The van der Waals surface area contributed by atoms with Crippen molar-refractivity contribution in [1.29, 1.82) is 0 Å². The van der Waals surface area contributed by atoms with E-state index in [9.17, 15) is 9.59 Å². The van der Waals surface area contributed by atoms with Crippen molar-refractivity contribution in [3.63, 3.8) is 0 Å². The van der Waals surface area contributed by atoms with Gasteiger partial charge in [-0.3, -0.25) is 9.69 Å². The van der Waals surface area contributed by atoms with Gasteiger partial charge in [-0.15, -0.1) is 0 Å². The monoisotopic (exact) mass is 680 g/mol. The average molecular weight is 681 g/mol. The number of esters is 2.